The zero-order chi connectivity index (χ0) is 16.8. The number of methoxy groups -OCH3 is 2. The van der Waals surface area contributed by atoms with Crippen LogP contribution in [0.3, 0.4) is 0 Å². The van der Waals surface area contributed by atoms with Crippen molar-refractivity contribution >= 4 is 22.7 Å². The van der Waals surface area contributed by atoms with Crippen molar-refractivity contribution in [2.24, 2.45) is 0 Å². The summed E-state index contributed by atoms with van der Waals surface area (Å²) in [5.41, 5.74) is 2.40. The Morgan fingerprint density at radius 2 is 2.08 bits per heavy atom. The van der Waals surface area contributed by atoms with Gasteiger partial charge >= 0.3 is 0 Å². The summed E-state index contributed by atoms with van der Waals surface area (Å²) in [6.07, 6.45) is 2.78. The minimum absolute atomic E-state index is 0.176. The first-order chi connectivity index (χ1) is 11.8. The van der Waals surface area contributed by atoms with Crippen LogP contribution in [-0.4, -0.2) is 19.2 Å². The number of aromatic nitrogens is 1. The van der Waals surface area contributed by atoms with Crippen LogP contribution in [0.1, 0.15) is 22.2 Å². The van der Waals surface area contributed by atoms with Crippen LogP contribution in [0.4, 0.5) is 0 Å². The number of rotatable bonds is 8. The summed E-state index contributed by atoms with van der Waals surface area (Å²) in [6, 6.07) is 8.20. The SMILES string of the molecule is COc1ccc(OC)c(CN[C@@H](Cc2ccsc2)c2nccs2)c1. The second kappa shape index (κ2) is 8.28. The fraction of sp³-hybridized carbons (Fsp3) is 0.278. The van der Waals surface area contributed by atoms with E-state index in [9.17, 15) is 0 Å². The summed E-state index contributed by atoms with van der Waals surface area (Å²) in [7, 11) is 3.36. The molecule has 0 radical (unpaired) electrons. The predicted octanol–water partition coefficient (Wildman–Crippen LogP) is 4.30. The van der Waals surface area contributed by atoms with Gasteiger partial charge in [-0.1, -0.05) is 0 Å². The number of thiazole rings is 1. The number of thiophene rings is 1. The van der Waals surface area contributed by atoms with E-state index in [2.05, 4.69) is 27.1 Å². The molecule has 1 N–H and O–H groups in total. The van der Waals surface area contributed by atoms with Crippen molar-refractivity contribution in [3.63, 3.8) is 0 Å². The summed E-state index contributed by atoms with van der Waals surface area (Å²) in [4.78, 5) is 4.49. The summed E-state index contributed by atoms with van der Waals surface area (Å²) >= 11 is 3.40. The van der Waals surface area contributed by atoms with Crippen molar-refractivity contribution in [2.45, 2.75) is 19.0 Å². The van der Waals surface area contributed by atoms with Crippen LogP contribution in [0.2, 0.25) is 0 Å². The molecule has 0 spiro atoms. The lowest BCUT2D eigenvalue weighted by molar-refractivity contribution is 0.395. The van der Waals surface area contributed by atoms with Crippen LogP contribution in [0.5, 0.6) is 11.5 Å². The Balaban J connectivity index is 1.76. The van der Waals surface area contributed by atoms with E-state index >= 15 is 0 Å². The van der Waals surface area contributed by atoms with Gasteiger partial charge in [0.15, 0.2) is 0 Å². The number of benzene rings is 1. The van der Waals surface area contributed by atoms with Gasteiger partial charge in [0.1, 0.15) is 16.5 Å². The summed E-state index contributed by atoms with van der Waals surface area (Å²) in [5.74, 6) is 1.69. The third-order valence-corrected chi connectivity index (χ3v) is 5.42. The lowest BCUT2D eigenvalue weighted by Gasteiger charge is -2.18. The zero-order valence-electron chi connectivity index (χ0n) is 13.7. The van der Waals surface area contributed by atoms with E-state index in [4.69, 9.17) is 9.47 Å². The smallest absolute Gasteiger partial charge is 0.123 e. The molecule has 4 nitrogen and oxygen atoms in total. The maximum absolute atomic E-state index is 5.47. The fourth-order valence-corrected chi connectivity index (χ4v) is 3.95. The Hall–Kier alpha value is -1.89. The molecule has 0 aliphatic rings. The number of hydrogen-bond donors (Lipinski definition) is 1. The fourth-order valence-electron chi connectivity index (χ4n) is 2.55. The molecule has 0 fully saturated rings. The first-order valence-corrected chi connectivity index (χ1v) is 9.47. The third kappa shape index (κ3) is 4.14. The van der Waals surface area contributed by atoms with Crippen LogP contribution in [0, 0.1) is 0 Å². The molecule has 126 valence electrons. The number of ether oxygens (including phenoxy) is 2. The first kappa shape index (κ1) is 17.0. The molecule has 1 aromatic carbocycles. The minimum Gasteiger partial charge on any atom is -0.497 e. The van der Waals surface area contributed by atoms with E-state index in [1.807, 2.05) is 29.8 Å². The monoisotopic (exact) mass is 360 g/mol. The normalized spacial score (nSPS) is 12.1. The van der Waals surface area contributed by atoms with E-state index < -0.39 is 0 Å². The van der Waals surface area contributed by atoms with Gasteiger partial charge in [0.2, 0.25) is 0 Å². The van der Waals surface area contributed by atoms with E-state index in [-0.39, 0.29) is 6.04 Å². The van der Waals surface area contributed by atoms with Crippen molar-refractivity contribution in [1.82, 2.24) is 10.3 Å². The molecule has 3 aromatic rings. The van der Waals surface area contributed by atoms with Gasteiger partial charge in [-0.3, -0.25) is 0 Å². The highest BCUT2D eigenvalue weighted by Crippen LogP contribution is 2.26. The van der Waals surface area contributed by atoms with E-state index in [0.29, 0.717) is 6.54 Å². The molecule has 24 heavy (non-hydrogen) atoms. The topological polar surface area (TPSA) is 43.4 Å². The zero-order valence-corrected chi connectivity index (χ0v) is 15.3. The van der Waals surface area contributed by atoms with Gasteiger partial charge < -0.3 is 14.8 Å². The standard InChI is InChI=1S/C18H20N2O2S2/c1-21-15-3-4-17(22-2)14(10-15)11-20-16(18-19-6-8-24-18)9-13-5-7-23-12-13/h3-8,10,12,16,20H,9,11H2,1-2H3/t16-/m0/s1. The molecular formula is C18H20N2O2S2. The average molecular weight is 361 g/mol. The molecule has 0 aliphatic heterocycles. The van der Waals surface area contributed by atoms with Gasteiger partial charge in [0.25, 0.3) is 0 Å². The molecule has 2 aromatic heterocycles. The second-order valence-electron chi connectivity index (χ2n) is 5.32. The van der Waals surface area contributed by atoms with Crippen LogP contribution < -0.4 is 14.8 Å². The number of hydrogen-bond acceptors (Lipinski definition) is 6. The van der Waals surface area contributed by atoms with Crippen molar-refractivity contribution in [2.75, 3.05) is 14.2 Å². The van der Waals surface area contributed by atoms with Gasteiger partial charge in [-0.2, -0.15) is 11.3 Å². The van der Waals surface area contributed by atoms with Crippen molar-refractivity contribution in [1.29, 1.82) is 0 Å². The molecule has 0 amide bonds. The molecule has 6 heteroatoms. The molecule has 0 saturated heterocycles. The third-order valence-electron chi connectivity index (χ3n) is 3.80. The highest BCUT2D eigenvalue weighted by Gasteiger charge is 2.16. The molecule has 0 unspecified atom stereocenters. The van der Waals surface area contributed by atoms with Crippen LogP contribution >= 0.6 is 22.7 Å². The van der Waals surface area contributed by atoms with Gasteiger partial charge in [0.05, 0.1) is 20.3 Å². The number of nitrogens with zero attached hydrogens (tertiary/aromatic N) is 1. The van der Waals surface area contributed by atoms with Crippen molar-refractivity contribution in [3.8, 4) is 11.5 Å². The van der Waals surface area contributed by atoms with Gasteiger partial charge in [-0.05, 0) is 47.0 Å². The van der Waals surface area contributed by atoms with Crippen molar-refractivity contribution < 1.29 is 9.47 Å². The Kier molecular flexibility index (Phi) is 5.85. The molecule has 0 aliphatic carbocycles. The maximum Gasteiger partial charge on any atom is 0.123 e. The van der Waals surface area contributed by atoms with E-state index in [1.54, 1.807) is 36.9 Å². The predicted molar refractivity (Wildman–Crippen MR) is 99.3 cm³/mol. The highest BCUT2D eigenvalue weighted by molar-refractivity contribution is 7.09. The lowest BCUT2D eigenvalue weighted by atomic mass is 10.1. The van der Waals surface area contributed by atoms with E-state index in [0.717, 1.165) is 28.5 Å². The summed E-state index contributed by atoms with van der Waals surface area (Å²) in [6.45, 7) is 0.689. The molecule has 1 atom stereocenters. The first-order valence-electron chi connectivity index (χ1n) is 7.65. The molecule has 2 heterocycles. The van der Waals surface area contributed by atoms with E-state index in [1.165, 1.54) is 5.56 Å². The maximum atomic E-state index is 5.47. The minimum atomic E-state index is 0.176. The van der Waals surface area contributed by atoms with Crippen LogP contribution in [-0.2, 0) is 13.0 Å². The average Bonchev–Trinajstić information content (AvgIpc) is 3.31. The summed E-state index contributed by atoms with van der Waals surface area (Å²) < 4.78 is 10.8. The van der Waals surface area contributed by atoms with Crippen molar-refractivity contribution in [3.05, 3.63) is 62.7 Å². The summed E-state index contributed by atoms with van der Waals surface area (Å²) in [5, 5.41) is 11.0. The Morgan fingerprint density at radius 1 is 1.17 bits per heavy atom. The largest absolute Gasteiger partial charge is 0.497 e. The lowest BCUT2D eigenvalue weighted by Crippen LogP contribution is -2.23. The second-order valence-corrected chi connectivity index (χ2v) is 7.02. The molecule has 0 bridgehead atoms. The highest BCUT2D eigenvalue weighted by atomic mass is 32.1. The molecule has 3 rings (SSSR count). The Labute approximate surface area is 150 Å². The Morgan fingerprint density at radius 3 is 2.75 bits per heavy atom. The van der Waals surface area contributed by atoms with Gasteiger partial charge in [0, 0.05) is 23.7 Å². The van der Waals surface area contributed by atoms with Crippen LogP contribution in [0.25, 0.3) is 0 Å². The van der Waals surface area contributed by atoms with Crippen LogP contribution in [0.15, 0.2) is 46.6 Å². The number of nitrogens with one attached hydrogen (secondary N) is 1. The molecular weight excluding hydrogens is 340 g/mol. The Bertz CT molecular complexity index is 742. The van der Waals surface area contributed by atoms with Gasteiger partial charge in [-0.25, -0.2) is 4.98 Å². The van der Waals surface area contributed by atoms with Gasteiger partial charge in [-0.15, -0.1) is 11.3 Å². The quantitative estimate of drug-likeness (QED) is 0.651. The molecule has 0 saturated carbocycles.